The third kappa shape index (κ3) is 2.43. The lowest BCUT2D eigenvalue weighted by Crippen LogP contribution is -2.19. The summed E-state index contributed by atoms with van der Waals surface area (Å²) < 4.78 is 0. The fourth-order valence-corrected chi connectivity index (χ4v) is 2.19. The van der Waals surface area contributed by atoms with E-state index in [9.17, 15) is 0 Å². The number of aromatic nitrogens is 2. The summed E-state index contributed by atoms with van der Waals surface area (Å²) in [6, 6.07) is 2.07. The highest BCUT2D eigenvalue weighted by Gasteiger charge is 2.09. The summed E-state index contributed by atoms with van der Waals surface area (Å²) in [5.74, 6) is 0.659. The molecule has 2 heterocycles. The first-order chi connectivity index (χ1) is 7.66. The van der Waals surface area contributed by atoms with E-state index in [1.54, 1.807) is 11.3 Å². The van der Waals surface area contributed by atoms with Crippen molar-refractivity contribution < 1.29 is 0 Å². The lowest BCUT2D eigenvalue weighted by molar-refractivity contribution is 0.897. The normalized spacial score (nSPS) is 10.4. The standard InChI is InChI=1S/C10H11ClN4S/c1-15(5-7-2-3-16-6-7)9-8(12)4-13-10(11)14-9/h2-4,6H,5,12H2,1H3. The molecule has 4 nitrogen and oxygen atoms in total. The van der Waals surface area contributed by atoms with Gasteiger partial charge in [0.1, 0.15) is 0 Å². The summed E-state index contributed by atoms with van der Waals surface area (Å²) in [4.78, 5) is 9.88. The summed E-state index contributed by atoms with van der Waals surface area (Å²) in [5, 5.41) is 4.34. The van der Waals surface area contributed by atoms with Gasteiger partial charge in [0.25, 0.3) is 0 Å². The van der Waals surface area contributed by atoms with Crippen LogP contribution in [0.5, 0.6) is 0 Å². The monoisotopic (exact) mass is 254 g/mol. The molecule has 0 aliphatic heterocycles. The highest BCUT2D eigenvalue weighted by atomic mass is 35.5. The number of anilines is 2. The third-order valence-electron chi connectivity index (χ3n) is 2.13. The van der Waals surface area contributed by atoms with Crippen molar-refractivity contribution in [3.63, 3.8) is 0 Å². The average molecular weight is 255 g/mol. The molecule has 0 amide bonds. The van der Waals surface area contributed by atoms with E-state index < -0.39 is 0 Å². The molecule has 84 valence electrons. The Morgan fingerprint density at radius 1 is 1.56 bits per heavy atom. The Morgan fingerprint density at radius 3 is 3.06 bits per heavy atom. The Kier molecular flexibility index (Phi) is 3.26. The predicted molar refractivity (Wildman–Crippen MR) is 67.9 cm³/mol. The van der Waals surface area contributed by atoms with Crippen molar-refractivity contribution in [2.75, 3.05) is 17.7 Å². The Labute approximate surface area is 103 Å². The van der Waals surface area contributed by atoms with Gasteiger partial charge in [0.15, 0.2) is 5.82 Å². The number of thiophene rings is 1. The second-order valence-electron chi connectivity index (χ2n) is 3.41. The van der Waals surface area contributed by atoms with Crippen LogP contribution in [0.3, 0.4) is 0 Å². The van der Waals surface area contributed by atoms with Gasteiger partial charge in [-0.2, -0.15) is 16.3 Å². The number of nitrogens with two attached hydrogens (primary N) is 1. The van der Waals surface area contributed by atoms with Crippen LogP contribution in [0.15, 0.2) is 23.0 Å². The van der Waals surface area contributed by atoms with Crippen LogP contribution in [-0.2, 0) is 6.54 Å². The number of hydrogen-bond donors (Lipinski definition) is 1. The van der Waals surface area contributed by atoms with Crippen molar-refractivity contribution >= 4 is 34.4 Å². The number of halogens is 1. The number of nitrogen functional groups attached to an aromatic ring is 1. The molecule has 2 aromatic rings. The van der Waals surface area contributed by atoms with Gasteiger partial charge in [0.05, 0.1) is 11.9 Å². The first-order valence-corrected chi connectivity index (χ1v) is 5.99. The van der Waals surface area contributed by atoms with Gasteiger partial charge < -0.3 is 10.6 Å². The molecule has 0 aromatic carbocycles. The van der Waals surface area contributed by atoms with E-state index in [0.717, 1.165) is 6.54 Å². The van der Waals surface area contributed by atoms with Crippen molar-refractivity contribution in [1.29, 1.82) is 0 Å². The fourth-order valence-electron chi connectivity index (χ4n) is 1.40. The van der Waals surface area contributed by atoms with Crippen LogP contribution in [0, 0.1) is 0 Å². The molecule has 2 aromatic heterocycles. The van der Waals surface area contributed by atoms with Crippen LogP contribution >= 0.6 is 22.9 Å². The summed E-state index contributed by atoms with van der Waals surface area (Å²) in [5.41, 5.74) is 7.55. The zero-order valence-corrected chi connectivity index (χ0v) is 10.3. The lowest BCUT2D eigenvalue weighted by Gasteiger charge is -2.18. The predicted octanol–water partition coefficient (Wildman–Crippen LogP) is 2.41. The van der Waals surface area contributed by atoms with E-state index in [1.807, 2.05) is 17.3 Å². The maximum Gasteiger partial charge on any atom is 0.224 e. The van der Waals surface area contributed by atoms with E-state index >= 15 is 0 Å². The molecule has 0 saturated heterocycles. The Morgan fingerprint density at radius 2 is 2.38 bits per heavy atom. The van der Waals surface area contributed by atoms with Crippen LogP contribution < -0.4 is 10.6 Å². The van der Waals surface area contributed by atoms with Gasteiger partial charge in [0.2, 0.25) is 5.28 Å². The second kappa shape index (κ2) is 4.67. The van der Waals surface area contributed by atoms with Crippen molar-refractivity contribution in [1.82, 2.24) is 9.97 Å². The fraction of sp³-hybridized carbons (Fsp3) is 0.200. The van der Waals surface area contributed by atoms with E-state index in [2.05, 4.69) is 21.4 Å². The summed E-state index contributed by atoms with van der Waals surface area (Å²) in [6.45, 7) is 0.751. The van der Waals surface area contributed by atoms with Crippen LogP contribution in [0.4, 0.5) is 11.5 Å². The lowest BCUT2D eigenvalue weighted by atomic mass is 10.3. The molecule has 16 heavy (non-hydrogen) atoms. The summed E-state index contributed by atoms with van der Waals surface area (Å²) in [6.07, 6.45) is 1.52. The third-order valence-corrected chi connectivity index (χ3v) is 3.04. The van der Waals surface area contributed by atoms with Crippen molar-refractivity contribution in [3.05, 3.63) is 33.9 Å². The minimum Gasteiger partial charge on any atom is -0.394 e. The maximum atomic E-state index is 5.80. The van der Waals surface area contributed by atoms with Crippen LogP contribution in [0.1, 0.15) is 5.56 Å². The molecule has 0 radical (unpaired) electrons. The SMILES string of the molecule is CN(Cc1ccsc1)c1nc(Cl)ncc1N. The van der Waals surface area contributed by atoms with Crippen molar-refractivity contribution in [2.24, 2.45) is 0 Å². The Balaban J connectivity index is 2.20. The highest BCUT2D eigenvalue weighted by molar-refractivity contribution is 7.07. The van der Waals surface area contributed by atoms with Crippen LogP contribution in [0.25, 0.3) is 0 Å². The van der Waals surface area contributed by atoms with E-state index in [0.29, 0.717) is 11.5 Å². The Hall–Kier alpha value is -1.33. The van der Waals surface area contributed by atoms with Gasteiger partial charge in [0, 0.05) is 13.6 Å². The maximum absolute atomic E-state index is 5.80. The molecule has 0 saturated carbocycles. The summed E-state index contributed by atoms with van der Waals surface area (Å²) >= 11 is 7.41. The first kappa shape index (κ1) is 11.2. The topological polar surface area (TPSA) is 55.0 Å². The molecule has 0 fully saturated rings. The van der Waals surface area contributed by atoms with Gasteiger partial charge >= 0.3 is 0 Å². The molecule has 2 N–H and O–H groups in total. The van der Waals surface area contributed by atoms with Gasteiger partial charge in [-0.3, -0.25) is 0 Å². The van der Waals surface area contributed by atoms with E-state index in [4.69, 9.17) is 17.3 Å². The minimum atomic E-state index is 0.210. The minimum absolute atomic E-state index is 0.210. The van der Waals surface area contributed by atoms with E-state index in [-0.39, 0.29) is 5.28 Å². The molecule has 0 unspecified atom stereocenters. The number of hydrogen-bond acceptors (Lipinski definition) is 5. The van der Waals surface area contributed by atoms with E-state index in [1.165, 1.54) is 11.8 Å². The molecule has 0 aliphatic rings. The molecular formula is C10H11ClN4S. The second-order valence-corrected chi connectivity index (χ2v) is 4.52. The molecule has 2 rings (SSSR count). The molecular weight excluding hydrogens is 244 g/mol. The van der Waals surface area contributed by atoms with Crippen LogP contribution in [0.2, 0.25) is 5.28 Å². The van der Waals surface area contributed by atoms with Gasteiger partial charge in [-0.05, 0) is 34.0 Å². The molecule has 6 heteroatoms. The van der Waals surface area contributed by atoms with Crippen molar-refractivity contribution in [2.45, 2.75) is 6.54 Å². The number of rotatable bonds is 3. The largest absolute Gasteiger partial charge is 0.394 e. The average Bonchev–Trinajstić information content (AvgIpc) is 2.74. The molecule has 0 aliphatic carbocycles. The van der Waals surface area contributed by atoms with Crippen molar-refractivity contribution in [3.8, 4) is 0 Å². The van der Waals surface area contributed by atoms with Gasteiger partial charge in [-0.1, -0.05) is 0 Å². The molecule has 0 bridgehead atoms. The van der Waals surface area contributed by atoms with Gasteiger partial charge in [-0.15, -0.1) is 0 Å². The van der Waals surface area contributed by atoms with Gasteiger partial charge in [-0.25, -0.2) is 4.98 Å². The number of nitrogens with zero attached hydrogens (tertiary/aromatic N) is 3. The van der Waals surface area contributed by atoms with Crippen LogP contribution in [-0.4, -0.2) is 17.0 Å². The molecule has 0 spiro atoms. The quantitative estimate of drug-likeness (QED) is 0.855. The highest BCUT2D eigenvalue weighted by Crippen LogP contribution is 2.21. The molecule has 0 atom stereocenters. The zero-order valence-electron chi connectivity index (χ0n) is 8.72. The Bertz CT molecular complexity index is 472. The first-order valence-electron chi connectivity index (χ1n) is 4.67. The summed E-state index contributed by atoms with van der Waals surface area (Å²) in [7, 11) is 1.92. The smallest absolute Gasteiger partial charge is 0.224 e. The zero-order chi connectivity index (χ0) is 11.5.